The summed E-state index contributed by atoms with van der Waals surface area (Å²) in [5.74, 6) is 0.931. The third-order valence-corrected chi connectivity index (χ3v) is 4.21. The zero-order chi connectivity index (χ0) is 14.3. The van der Waals surface area contributed by atoms with Crippen molar-refractivity contribution in [2.24, 2.45) is 11.8 Å². The predicted molar refractivity (Wildman–Crippen MR) is 73.1 cm³/mol. The van der Waals surface area contributed by atoms with Gasteiger partial charge in [0.2, 0.25) is 5.91 Å². The Balaban J connectivity index is 1.72. The number of piperidine rings is 1. The monoisotopic (exact) mass is 276 g/mol. The van der Waals surface area contributed by atoms with Crippen LogP contribution >= 0.6 is 0 Å². The molecular weight excluding hydrogens is 256 g/mol. The third kappa shape index (κ3) is 2.21. The molecule has 2 fully saturated rings. The Bertz CT molecular complexity index is 509. The van der Waals surface area contributed by atoms with Crippen LogP contribution in [0.1, 0.15) is 30.8 Å². The fraction of sp³-hybridized carbons (Fsp3) is 0.600. The summed E-state index contributed by atoms with van der Waals surface area (Å²) < 4.78 is 5.18. The van der Waals surface area contributed by atoms with E-state index in [0.29, 0.717) is 18.2 Å². The summed E-state index contributed by atoms with van der Waals surface area (Å²) in [5, 5.41) is 0. The highest BCUT2D eigenvalue weighted by Gasteiger charge is 2.42. The topological polar surface area (TPSA) is 53.8 Å². The van der Waals surface area contributed by atoms with Crippen LogP contribution in [-0.4, -0.2) is 47.3 Å². The molecule has 5 nitrogen and oxygen atoms in total. The lowest BCUT2D eigenvalue weighted by Crippen LogP contribution is -2.47. The van der Waals surface area contributed by atoms with Gasteiger partial charge in [-0.15, -0.1) is 0 Å². The highest BCUT2D eigenvalue weighted by Crippen LogP contribution is 2.31. The van der Waals surface area contributed by atoms with E-state index in [1.165, 1.54) is 6.26 Å². The Morgan fingerprint density at radius 2 is 2.10 bits per heavy atom. The van der Waals surface area contributed by atoms with Crippen molar-refractivity contribution in [2.45, 2.75) is 26.3 Å². The number of carbonyl (C=O) groups is 2. The largest absolute Gasteiger partial charge is 0.459 e. The third-order valence-electron chi connectivity index (χ3n) is 4.21. The Morgan fingerprint density at radius 1 is 1.30 bits per heavy atom. The van der Waals surface area contributed by atoms with Crippen LogP contribution in [0.15, 0.2) is 22.8 Å². The number of likely N-dealkylation sites (tertiary alicyclic amines) is 2. The van der Waals surface area contributed by atoms with Crippen molar-refractivity contribution >= 4 is 11.8 Å². The molecule has 0 radical (unpaired) electrons. The molecule has 0 spiro atoms. The molecule has 20 heavy (non-hydrogen) atoms. The van der Waals surface area contributed by atoms with E-state index in [1.807, 2.05) is 23.6 Å². The Hall–Kier alpha value is -1.78. The maximum Gasteiger partial charge on any atom is 0.289 e. The van der Waals surface area contributed by atoms with Crippen molar-refractivity contribution in [3.8, 4) is 0 Å². The molecule has 2 amide bonds. The van der Waals surface area contributed by atoms with Gasteiger partial charge >= 0.3 is 0 Å². The number of rotatable bonds is 2. The molecule has 2 bridgehead atoms. The van der Waals surface area contributed by atoms with Crippen molar-refractivity contribution < 1.29 is 14.0 Å². The summed E-state index contributed by atoms with van der Waals surface area (Å²) in [4.78, 5) is 28.3. The van der Waals surface area contributed by atoms with E-state index in [-0.39, 0.29) is 23.8 Å². The van der Waals surface area contributed by atoms with E-state index in [1.54, 1.807) is 12.1 Å². The van der Waals surface area contributed by atoms with Gasteiger partial charge in [-0.05, 0) is 24.5 Å². The zero-order valence-electron chi connectivity index (χ0n) is 11.9. The summed E-state index contributed by atoms with van der Waals surface area (Å²) >= 11 is 0. The first-order valence-corrected chi connectivity index (χ1v) is 7.19. The fourth-order valence-corrected chi connectivity index (χ4v) is 3.28. The standard InChI is InChI=1S/C15H20N2O3/c1-10(2)14(18)17-8-11-6-12(17)9-16(7-11)15(19)13-4-3-5-20-13/h3-5,10-12H,6-9H2,1-2H3. The molecule has 0 N–H and O–H groups in total. The summed E-state index contributed by atoms with van der Waals surface area (Å²) in [6.45, 7) is 5.97. The number of fused-ring (bicyclic) bond motifs is 2. The summed E-state index contributed by atoms with van der Waals surface area (Å²) in [6, 6.07) is 3.58. The number of hydrogen-bond donors (Lipinski definition) is 0. The maximum absolute atomic E-state index is 12.3. The molecule has 0 aliphatic carbocycles. The van der Waals surface area contributed by atoms with Crippen molar-refractivity contribution in [1.29, 1.82) is 0 Å². The van der Waals surface area contributed by atoms with E-state index in [2.05, 4.69) is 0 Å². The first-order valence-electron chi connectivity index (χ1n) is 7.19. The Labute approximate surface area is 118 Å². The summed E-state index contributed by atoms with van der Waals surface area (Å²) in [5.41, 5.74) is 0. The highest BCUT2D eigenvalue weighted by atomic mass is 16.3. The minimum Gasteiger partial charge on any atom is -0.459 e. The minimum atomic E-state index is -0.0662. The van der Waals surface area contributed by atoms with Gasteiger partial charge in [-0.1, -0.05) is 13.8 Å². The van der Waals surface area contributed by atoms with Gasteiger partial charge in [0.05, 0.1) is 6.26 Å². The van der Waals surface area contributed by atoms with Crippen LogP contribution in [0.2, 0.25) is 0 Å². The molecule has 2 unspecified atom stereocenters. The minimum absolute atomic E-state index is 0.0172. The van der Waals surface area contributed by atoms with Crippen molar-refractivity contribution in [1.82, 2.24) is 9.80 Å². The van der Waals surface area contributed by atoms with Crippen LogP contribution in [0.5, 0.6) is 0 Å². The van der Waals surface area contributed by atoms with Gasteiger partial charge in [0.15, 0.2) is 5.76 Å². The van der Waals surface area contributed by atoms with Gasteiger partial charge in [-0.2, -0.15) is 0 Å². The van der Waals surface area contributed by atoms with Crippen molar-refractivity contribution in [2.75, 3.05) is 19.6 Å². The van der Waals surface area contributed by atoms with E-state index in [4.69, 9.17) is 4.42 Å². The maximum atomic E-state index is 12.3. The molecule has 0 aromatic carbocycles. The Kier molecular flexibility index (Phi) is 3.28. The quantitative estimate of drug-likeness (QED) is 0.824. The predicted octanol–water partition coefficient (Wildman–Crippen LogP) is 1.61. The van der Waals surface area contributed by atoms with Crippen LogP contribution in [-0.2, 0) is 4.79 Å². The molecule has 2 saturated heterocycles. The zero-order valence-corrected chi connectivity index (χ0v) is 11.9. The SMILES string of the molecule is CC(C)C(=O)N1CC2CC1CN(C(=O)c1ccco1)C2. The molecule has 2 atom stereocenters. The van der Waals surface area contributed by atoms with Gasteiger partial charge in [0, 0.05) is 31.6 Å². The van der Waals surface area contributed by atoms with E-state index >= 15 is 0 Å². The van der Waals surface area contributed by atoms with Crippen LogP contribution in [0.25, 0.3) is 0 Å². The highest BCUT2D eigenvalue weighted by molar-refractivity contribution is 5.91. The molecule has 2 aliphatic rings. The second kappa shape index (κ2) is 4.96. The number of furan rings is 1. The van der Waals surface area contributed by atoms with Gasteiger partial charge < -0.3 is 14.2 Å². The van der Waals surface area contributed by atoms with Gasteiger partial charge in [0.25, 0.3) is 5.91 Å². The summed E-state index contributed by atoms with van der Waals surface area (Å²) in [7, 11) is 0. The normalized spacial score (nSPS) is 25.4. The fourth-order valence-electron chi connectivity index (χ4n) is 3.28. The Morgan fingerprint density at radius 3 is 2.75 bits per heavy atom. The molecule has 2 aliphatic heterocycles. The average Bonchev–Trinajstić information content (AvgIpc) is 3.05. The summed E-state index contributed by atoms with van der Waals surface area (Å²) in [6.07, 6.45) is 2.53. The number of nitrogens with zero attached hydrogens (tertiary/aromatic N) is 2. The molecule has 3 heterocycles. The molecule has 1 aromatic rings. The molecule has 1 aromatic heterocycles. The first kappa shape index (κ1) is 13.2. The second-order valence-corrected chi connectivity index (χ2v) is 6.09. The van der Waals surface area contributed by atoms with E-state index in [0.717, 1.165) is 19.5 Å². The van der Waals surface area contributed by atoms with Crippen LogP contribution in [0, 0.1) is 11.8 Å². The van der Waals surface area contributed by atoms with Crippen LogP contribution in [0.4, 0.5) is 0 Å². The lowest BCUT2D eigenvalue weighted by Gasteiger charge is -2.32. The molecule has 5 heteroatoms. The average molecular weight is 276 g/mol. The lowest BCUT2D eigenvalue weighted by molar-refractivity contribution is -0.135. The molecule has 0 saturated carbocycles. The van der Waals surface area contributed by atoms with Crippen molar-refractivity contribution in [3.05, 3.63) is 24.2 Å². The van der Waals surface area contributed by atoms with Gasteiger partial charge in [0.1, 0.15) is 0 Å². The van der Waals surface area contributed by atoms with E-state index < -0.39 is 0 Å². The second-order valence-electron chi connectivity index (χ2n) is 6.09. The lowest BCUT2D eigenvalue weighted by atomic mass is 9.99. The first-order chi connectivity index (χ1) is 9.56. The van der Waals surface area contributed by atoms with Crippen LogP contribution in [0.3, 0.4) is 0 Å². The molecule has 3 rings (SSSR count). The molecule has 108 valence electrons. The van der Waals surface area contributed by atoms with Crippen molar-refractivity contribution in [3.63, 3.8) is 0 Å². The number of hydrogen-bond acceptors (Lipinski definition) is 3. The molecular formula is C15H20N2O3. The number of carbonyl (C=O) groups excluding carboxylic acids is 2. The smallest absolute Gasteiger partial charge is 0.289 e. The van der Waals surface area contributed by atoms with Crippen LogP contribution < -0.4 is 0 Å². The number of amides is 2. The van der Waals surface area contributed by atoms with Gasteiger partial charge in [-0.25, -0.2) is 0 Å². The van der Waals surface area contributed by atoms with Gasteiger partial charge in [-0.3, -0.25) is 9.59 Å². The van der Waals surface area contributed by atoms with E-state index in [9.17, 15) is 9.59 Å².